The first kappa shape index (κ1) is 10.5. The van der Waals surface area contributed by atoms with Crippen molar-refractivity contribution in [3.63, 3.8) is 0 Å². The number of benzene rings is 1. The van der Waals surface area contributed by atoms with Crippen LogP contribution in [0, 0.1) is 10.5 Å². The second kappa shape index (κ2) is 4.65. The van der Waals surface area contributed by atoms with E-state index in [1.807, 2.05) is 0 Å². The Morgan fingerprint density at radius 2 is 1.86 bits per heavy atom. The van der Waals surface area contributed by atoms with E-state index in [9.17, 15) is 0 Å². The van der Waals surface area contributed by atoms with Crippen LogP contribution in [0.2, 0.25) is 0 Å². The minimum atomic E-state index is 0.844. The Morgan fingerprint density at radius 1 is 1.14 bits per heavy atom. The predicted octanol–water partition coefficient (Wildman–Crippen LogP) is 4.65. The van der Waals surface area contributed by atoms with Crippen molar-refractivity contribution >= 4 is 22.6 Å². The van der Waals surface area contributed by atoms with E-state index in [1.54, 1.807) is 5.56 Å². The van der Waals surface area contributed by atoms with Crippen LogP contribution in [0.15, 0.2) is 18.2 Å². The van der Waals surface area contributed by atoms with Gasteiger partial charge in [-0.3, -0.25) is 0 Å². The molecule has 0 spiro atoms. The normalized spacial score (nSPS) is 18.4. The number of rotatable bonds is 1. The van der Waals surface area contributed by atoms with Crippen LogP contribution in [0.25, 0.3) is 0 Å². The second-order valence-electron chi connectivity index (χ2n) is 4.31. The molecule has 1 heteroatoms. The summed E-state index contributed by atoms with van der Waals surface area (Å²) in [6.45, 7) is 2.26. The Balaban J connectivity index is 2.29. The summed E-state index contributed by atoms with van der Waals surface area (Å²) in [6, 6.07) is 6.67. The Labute approximate surface area is 100 Å². The summed E-state index contributed by atoms with van der Waals surface area (Å²) in [5, 5.41) is 0. The maximum absolute atomic E-state index is 2.49. The van der Waals surface area contributed by atoms with Crippen molar-refractivity contribution in [1.29, 1.82) is 0 Å². The molecule has 0 bridgehead atoms. The van der Waals surface area contributed by atoms with E-state index < -0.39 is 0 Å². The highest BCUT2D eigenvalue weighted by Gasteiger charge is 2.18. The zero-order valence-corrected chi connectivity index (χ0v) is 10.9. The molecule has 0 N–H and O–H groups in total. The van der Waals surface area contributed by atoms with Crippen LogP contribution < -0.4 is 0 Å². The van der Waals surface area contributed by atoms with Crippen LogP contribution in [0.5, 0.6) is 0 Å². The number of aryl methyl sites for hydroxylation is 1. The summed E-state index contributed by atoms with van der Waals surface area (Å²) in [5.74, 6) is 0.844. The monoisotopic (exact) mass is 300 g/mol. The molecule has 1 fully saturated rings. The van der Waals surface area contributed by atoms with E-state index in [2.05, 4.69) is 47.7 Å². The van der Waals surface area contributed by atoms with Crippen LogP contribution >= 0.6 is 22.6 Å². The van der Waals surface area contributed by atoms with E-state index in [-0.39, 0.29) is 0 Å². The molecule has 76 valence electrons. The van der Waals surface area contributed by atoms with Gasteiger partial charge in [-0.05, 0) is 65.5 Å². The first-order valence-electron chi connectivity index (χ1n) is 5.54. The van der Waals surface area contributed by atoms with Crippen molar-refractivity contribution < 1.29 is 0 Å². The van der Waals surface area contributed by atoms with Gasteiger partial charge in [-0.1, -0.05) is 31.4 Å². The standard InChI is InChI=1S/C13H17I/c1-10-6-5-9-12(14)13(10)11-7-3-2-4-8-11/h5-6,9,11H,2-4,7-8H2,1H3. The SMILES string of the molecule is Cc1cccc(I)c1C1CCCCC1. The van der Waals surface area contributed by atoms with E-state index >= 15 is 0 Å². The highest BCUT2D eigenvalue weighted by atomic mass is 127. The van der Waals surface area contributed by atoms with Gasteiger partial charge >= 0.3 is 0 Å². The van der Waals surface area contributed by atoms with Crippen molar-refractivity contribution in [2.45, 2.75) is 44.9 Å². The lowest BCUT2D eigenvalue weighted by atomic mass is 9.82. The second-order valence-corrected chi connectivity index (χ2v) is 5.47. The quantitative estimate of drug-likeness (QED) is 0.662. The summed E-state index contributed by atoms with van der Waals surface area (Å²) in [5.41, 5.74) is 3.12. The average molecular weight is 300 g/mol. The molecule has 1 aliphatic carbocycles. The smallest absolute Gasteiger partial charge is 0.0167 e. The van der Waals surface area contributed by atoms with Gasteiger partial charge in [-0.15, -0.1) is 0 Å². The number of halogens is 1. The van der Waals surface area contributed by atoms with Gasteiger partial charge in [0.05, 0.1) is 0 Å². The van der Waals surface area contributed by atoms with Gasteiger partial charge < -0.3 is 0 Å². The zero-order chi connectivity index (χ0) is 9.97. The Hall–Kier alpha value is -0.0500. The minimum Gasteiger partial charge on any atom is -0.0609 e. The topological polar surface area (TPSA) is 0 Å². The van der Waals surface area contributed by atoms with Crippen molar-refractivity contribution in [3.05, 3.63) is 32.9 Å². The lowest BCUT2D eigenvalue weighted by Gasteiger charge is -2.24. The molecule has 14 heavy (non-hydrogen) atoms. The van der Waals surface area contributed by atoms with E-state index in [1.165, 1.54) is 41.2 Å². The molecule has 0 aromatic heterocycles. The Kier molecular flexibility index (Phi) is 3.47. The number of hydrogen-bond donors (Lipinski definition) is 0. The fraction of sp³-hybridized carbons (Fsp3) is 0.538. The molecule has 1 aromatic rings. The maximum Gasteiger partial charge on any atom is 0.0167 e. The van der Waals surface area contributed by atoms with Gasteiger partial charge in [0.25, 0.3) is 0 Å². The first-order chi connectivity index (χ1) is 6.79. The lowest BCUT2D eigenvalue weighted by molar-refractivity contribution is 0.441. The number of hydrogen-bond acceptors (Lipinski definition) is 0. The van der Waals surface area contributed by atoms with Gasteiger partial charge in [0.2, 0.25) is 0 Å². The first-order valence-corrected chi connectivity index (χ1v) is 6.62. The molecular weight excluding hydrogens is 283 g/mol. The van der Waals surface area contributed by atoms with Crippen molar-refractivity contribution in [3.8, 4) is 0 Å². The largest absolute Gasteiger partial charge is 0.0609 e. The summed E-state index contributed by atoms with van der Waals surface area (Å²) >= 11 is 2.49. The molecule has 0 heterocycles. The molecule has 1 aliphatic rings. The fourth-order valence-electron chi connectivity index (χ4n) is 2.55. The average Bonchev–Trinajstić information content (AvgIpc) is 2.19. The predicted molar refractivity (Wildman–Crippen MR) is 69.7 cm³/mol. The molecular formula is C13H17I. The molecule has 0 saturated heterocycles. The maximum atomic E-state index is 2.49. The fourth-order valence-corrected chi connectivity index (χ4v) is 3.63. The minimum absolute atomic E-state index is 0.844. The molecule has 0 aliphatic heterocycles. The molecule has 0 nitrogen and oxygen atoms in total. The summed E-state index contributed by atoms with van der Waals surface area (Å²) in [4.78, 5) is 0. The van der Waals surface area contributed by atoms with E-state index in [4.69, 9.17) is 0 Å². The summed E-state index contributed by atoms with van der Waals surface area (Å²) < 4.78 is 1.47. The van der Waals surface area contributed by atoms with Crippen molar-refractivity contribution in [1.82, 2.24) is 0 Å². The molecule has 1 aromatic carbocycles. The molecule has 0 unspecified atom stereocenters. The van der Waals surface area contributed by atoms with Gasteiger partial charge in [-0.2, -0.15) is 0 Å². The van der Waals surface area contributed by atoms with Crippen LogP contribution in [0.3, 0.4) is 0 Å². The third-order valence-corrected chi connectivity index (χ3v) is 4.23. The van der Waals surface area contributed by atoms with E-state index in [0.29, 0.717) is 0 Å². The zero-order valence-electron chi connectivity index (χ0n) is 8.72. The van der Waals surface area contributed by atoms with Crippen molar-refractivity contribution in [2.24, 2.45) is 0 Å². The molecule has 0 amide bonds. The van der Waals surface area contributed by atoms with Gasteiger partial charge in [0, 0.05) is 3.57 Å². The third kappa shape index (κ3) is 2.13. The lowest BCUT2D eigenvalue weighted by Crippen LogP contribution is -2.07. The van der Waals surface area contributed by atoms with Crippen LogP contribution in [-0.2, 0) is 0 Å². The van der Waals surface area contributed by atoms with Gasteiger partial charge in [0.1, 0.15) is 0 Å². The Morgan fingerprint density at radius 3 is 2.50 bits per heavy atom. The summed E-state index contributed by atoms with van der Waals surface area (Å²) in [7, 11) is 0. The highest BCUT2D eigenvalue weighted by Crippen LogP contribution is 2.36. The molecule has 0 radical (unpaired) electrons. The van der Waals surface area contributed by atoms with Gasteiger partial charge in [-0.25, -0.2) is 0 Å². The Bertz CT molecular complexity index is 291. The molecule has 1 saturated carbocycles. The van der Waals surface area contributed by atoms with Crippen LogP contribution in [0.1, 0.15) is 49.1 Å². The van der Waals surface area contributed by atoms with E-state index in [0.717, 1.165) is 5.92 Å². The highest BCUT2D eigenvalue weighted by molar-refractivity contribution is 14.1. The molecule has 2 rings (SSSR count). The van der Waals surface area contributed by atoms with Crippen molar-refractivity contribution in [2.75, 3.05) is 0 Å². The summed E-state index contributed by atoms with van der Waals surface area (Å²) in [6.07, 6.45) is 7.10. The molecule has 0 atom stereocenters. The van der Waals surface area contributed by atoms with Crippen LogP contribution in [0.4, 0.5) is 0 Å². The van der Waals surface area contributed by atoms with Crippen LogP contribution in [-0.4, -0.2) is 0 Å². The van der Waals surface area contributed by atoms with Gasteiger partial charge in [0.15, 0.2) is 0 Å². The third-order valence-electron chi connectivity index (χ3n) is 3.28.